The molecule has 0 saturated heterocycles. The lowest BCUT2D eigenvalue weighted by Crippen LogP contribution is -2.15. The van der Waals surface area contributed by atoms with E-state index in [0.29, 0.717) is 11.4 Å². The molecule has 0 bridgehead atoms. The molecule has 2 aromatic rings. The van der Waals surface area contributed by atoms with Gasteiger partial charge in [0.2, 0.25) is 0 Å². The van der Waals surface area contributed by atoms with Crippen LogP contribution in [0, 0.1) is 24.6 Å². The first-order valence-electron chi connectivity index (χ1n) is 6.24. The molecule has 106 valence electrons. The Morgan fingerprint density at radius 2 is 2.24 bits per heavy atom. The van der Waals surface area contributed by atoms with Crippen molar-refractivity contribution >= 4 is 11.7 Å². The SMILES string of the molecule is Cc1cccnc1NC(=O)c1cc(F)ccc1C#CCO. The van der Waals surface area contributed by atoms with Crippen LogP contribution >= 0.6 is 0 Å². The van der Waals surface area contributed by atoms with Gasteiger partial charge in [0, 0.05) is 11.8 Å². The van der Waals surface area contributed by atoms with Gasteiger partial charge < -0.3 is 10.4 Å². The summed E-state index contributed by atoms with van der Waals surface area (Å²) in [6, 6.07) is 7.28. The number of benzene rings is 1. The summed E-state index contributed by atoms with van der Waals surface area (Å²) in [4.78, 5) is 16.3. The number of rotatable bonds is 2. The molecular weight excluding hydrogens is 271 g/mol. The molecule has 4 nitrogen and oxygen atoms in total. The quantitative estimate of drug-likeness (QED) is 0.830. The van der Waals surface area contributed by atoms with Crippen LogP contribution in [-0.2, 0) is 0 Å². The molecule has 0 aliphatic heterocycles. The summed E-state index contributed by atoms with van der Waals surface area (Å²) in [5.41, 5.74) is 1.24. The molecule has 0 spiro atoms. The predicted molar refractivity (Wildman–Crippen MR) is 77.3 cm³/mol. The summed E-state index contributed by atoms with van der Waals surface area (Å²) >= 11 is 0. The van der Waals surface area contributed by atoms with E-state index in [0.717, 1.165) is 11.6 Å². The summed E-state index contributed by atoms with van der Waals surface area (Å²) in [6.07, 6.45) is 1.56. The number of nitrogens with zero attached hydrogens (tertiary/aromatic N) is 1. The normalized spacial score (nSPS) is 9.67. The Morgan fingerprint density at radius 1 is 1.43 bits per heavy atom. The second-order valence-corrected chi connectivity index (χ2v) is 4.27. The lowest BCUT2D eigenvalue weighted by molar-refractivity contribution is 0.102. The van der Waals surface area contributed by atoms with E-state index < -0.39 is 11.7 Å². The summed E-state index contributed by atoms with van der Waals surface area (Å²) in [6.45, 7) is 1.47. The number of aromatic nitrogens is 1. The van der Waals surface area contributed by atoms with E-state index in [4.69, 9.17) is 5.11 Å². The molecule has 0 atom stereocenters. The van der Waals surface area contributed by atoms with Crippen LogP contribution in [0.15, 0.2) is 36.5 Å². The third-order valence-electron chi connectivity index (χ3n) is 2.77. The third-order valence-corrected chi connectivity index (χ3v) is 2.77. The van der Waals surface area contributed by atoms with Crippen LogP contribution in [0.25, 0.3) is 0 Å². The maximum atomic E-state index is 13.4. The fourth-order valence-electron chi connectivity index (χ4n) is 1.74. The zero-order valence-corrected chi connectivity index (χ0v) is 11.4. The highest BCUT2D eigenvalue weighted by atomic mass is 19.1. The van der Waals surface area contributed by atoms with E-state index >= 15 is 0 Å². The van der Waals surface area contributed by atoms with Crippen LogP contribution in [0.2, 0.25) is 0 Å². The van der Waals surface area contributed by atoms with Gasteiger partial charge in [0.05, 0.1) is 5.56 Å². The van der Waals surface area contributed by atoms with Crippen molar-refractivity contribution in [2.24, 2.45) is 0 Å². The van der Waals surface area contributed by atoms with Crippen molar-refractivity contribution < 1.29 is 14.3 Å². The van der Waals surface area contributed by atoms with Gasteiger partial charge in [-0.1, -0.05) is 17.9 Å². The van der Waals surface area contributed by atoms with Gasteiger partial charge in [0.15, 0.2) is 0 Å². The Kier molecular flexibility index (Phi) is 4.64. The number of aryl methyl sites for hydroxylation is 1. The molecule has 2 rings (SSSR count). The van der Waals surface area contributed by atoms with Crippen LogP contribution in [-0.4, -0.2) is 22.6 Å². The molecule has 0 aliphatic carbocycles. The molecule has 1 heterocycles. The number of anilines is 1. The van der Waals surface area contributed by atoms with E-state index in [-0.39, 0.29) is 12.2 Å². The maximum Gasteiger partial charge on any atom is 0.258 e. The van der Waals surface area contributed by atoms with Crippen molar-refractivity contribution in [3.63, 3.8) is 0 Å². The van der Waals surface area contributed by atoms with E-state index in [2.05, 4.69) is 22.1 Å². The summed E-state index contributed by atoms with van der Waals surface area (Å²) in [5.74, 6) is 4.44. The predicted octanol–water partition coefficient (Wildman–Crippen LogP) is 2.13. The minimum Gasteiger partial charge on any atom is -0.384 e. The highest BCUT2D eigenvalue weighted by Crippen LogP contribution is 2.15. The van der Waals surface area contributed by atoms with E-state index in [1.807, 2.05) is 0 Å². The summed E-state index contributed by atoms with van der Waals surface area (Å²) in [5, 5.41) is 11.3. The van der Waals surface area contributed by atoms with Crippen LogP contribution in [0.4, 0.5) is 10.2 Å². The Bertz CT molecular complexity index is 733. The van der Waals surface area contributed by atoms with Gasteiger partial charge in [-0.05, 0) is 36.8 Å². The van der Waals surface area contributed by atoms with Gasteiger partial charge in [-0.25, -0.2) is 9.37 Å². The number of aliphatic hydroxyl groups excluding tert-OH is 1. The second kappa shape index (κ2) is 6.64. The summed E-state index contributed by atoms with van der Waals surface area (Å²) < 4.78 is 13.4. The van der Waals surface area contributed by atoms with Crippen LogP contribution < -0.4 is 5.32 Å². The zero-order chi connectivity index (χ0) is 15.2. The number of nitrogens with one attached hydrogen (secondary N) is 1. The Balaban J connectivity index is 2.34. The molecule has 0 unspecified atom stereocenters. The molecule has 0 radical (unpaired) electrons. The Morgan fingerprint density at radius 3 is 2.95 bits per heavy atom. The van der Waals surface area contributed by atoms with Crippen LogP contribution in [0.1, 0.15) is 21.5 Å². The zero-order valence-electron chi connectivity index (χ0n) is 11.4. The van der Waals surface area contributed by atoms with Gasteiger partial charge in [-0.3, -0.25) is 4.79 Å². The highest BCUT2D eigenvalue weighted by molar-refractivity contribution is 6.05. The molecule has 1 amide bonds. The number of pyridine rings is 1. The average molecular weight is 284 g/mol. The first kappa shape index (κ1) is 14.7. The number of hydrogen-bond acceptors (Lipinski definition) is 3. The molecule has 0 saturated carbocycles. The van der Waals surface area contributed by atoms with Crippen molar-refractivity contribution in [2.45, 2.75) is 6.92 Å². The molecule has 0 fully saturated rings. The molecule has 5 heteroatoms. The van der Waals surface area contributed by atoms with Gasteiger partial charge >= 0.3 is 0 Å². The summed E-state index contributed by atoms with van der Waals surface area (Å²) in [7, 11) is 0. The highest BCUT2D eigenvalue weighted by Gasteiger charge is 2.13. The van der Waals surface area contributed by atoms with Crippen LogP contribution in [0.3, 0.4) is 0 Å². The first-order valence-corrected chi connectivity index (χ1v) is 6.24. The third kappa shape index (κ3) is 3.65. The lowest BCUT2D eigenvalue weighted by Gasteiger charge is -2.08. The van der Waals surface area contributed by atoms with Gasteiger partial charge in [-0.2, -0.15) is 0 Å². The topological polar surface area (TPSA) is 62.2 Å². The number of hydrogen-bond donors (Lipinski definition) is 2. The average Bonchev–Trinajstić information content (AvgIpc) is 2.48. The lowest BCUT2D eigenvalue weighted by atomic mass is 10.1. The standard InChI is InChI=1S/C16H13FN2O2/c1-11-4-2-8-18-15(11)19-16(21)14-10-13(17)7-6-12(14)5-3-9-20/h2,4,6-8,10,20H,9H2,1H3,(H,18,19,21). The molecule has 0 aliphatic rings. The van der Waals surface area contributed by atoms with Gasteiger partial charge in [0.1, 0.15) is 18.2 Å². The van der Waals surface area contributed by atoms with Crippen molar-refractivity contribution in [1.29, 1.82) is 0 Å². The largest absolute Gasteiger partial charge is 0.384 e. The number of amides is 1. The van der Waals surface area contributed by atoms with E-state index in [1.54, 1.807) is 25.3 Å². The number of carbonyl (C=O) groups is 1. The molecule has 1 aromatic carbocycles. The fraction of sp³-hybridized carbons (Fsp3) is 0.125. The van der Waals surface area contributed by atoms with Crippen molar-refractivity contribution in [1.82, 2.24) is 4.98 Å². The minimum absolute atomic E-state index is 0.0982. The smallest absolute Gasteiger partial charge is 0.258 e. The first-order chi connectivity index (χ1) is 10.1. The van der Waals surface area contributed by atoms with E-state index in [1.165, 1.54) is 12.1 Å². The van der Waals surface area contributed by atoms with Crippen molar-refractivity contribution in [2.75, 3.05) is 11.9 Å². The Labute approximate surface area is 121 Å². The van der Waals surface area contributed by atoms with Gasteiger partial charge in [0.25, 0.3) is 5.91 Å². The monoisotopic (exact) mass is 284 g/mol. The van der Waals surface area contributed by atoms with Crippen molar-refractivity contribution in [3.8, 4) is 11.8 Å². The fourth-order valence-corrected chi connectivity index (χ4v) is 1.74. The van der Waals surface area contributed by atoms with Gasteiger partial charge in [-0.15, -0.1) is 0 Å². The molecule has 2 N–H and O–H groups in total. The number of halogens is 1. The number of carbonyl (C=O) groups excluding carboxylic acids is 1. The second-order valence-electron chi connectivity index (χ2n) is 4.27. The molecule has 21 heavy (non-hydrogen) atoms. The number of aliphatic hydroxyl groups is 1. The maximum absolute atomic E-state index is 13.4. The Hall–Kier alpha value is -2.71. The van der Waals surface area contributed by atoms with Crippen molar-refractivity contribution in [3.05, 3.63) is 59.0 Å². The van der Waals surface area contributed by atoms with E-state index in [9.17, 15) is 9.18 Å². The minimum atomic E-state index is -0.535. The molecular formula is C16H13FN2O2. The van der Waals surface area contributed by atoms with Crippen LogP contribution in [0.5, 0.6) is 0 Å². The molecule has 1 aromatic heterocycles.